The Balaban J connectivity index is 1.65. The van der Waals surface area contributed by atoms with Crippen LogP contribution in [0, 0.1) is 0 Å². The van der Waals surface area contributed by atoms with E-state index < -0.39 is 0 Å². The molecule has 0 bridgehead atoms. The molecular formula is C21H15BrN2O2S2. The van der Waals surface area contributed by atoms with Gasteiger partial charge >= 0.3 is 5.97 Å². The van der Waals surface area contributed by atoms with Crippen molar-refractivity contribution in [1.29, 1.82) is 0 Å². The van der Waals surface area contributed by atoms with Gasteiger partial charge in [0.05, 0.1) is 18.1 Å². The molecule has 2 aromatic heterocycles. The molecule has 0 atom stereocenters. The smallest absolute Gasteiger partial charge is 0.337 e. The van der Waals surface area contributed by atoms with E-state index in [0.29, 0.717) is 11.3 Å². The molecule has 0 saturated heterocycles. The van der Waals surface area contributed by atoms with E-state index in [1.54, 1.807) is 35.5 Å². The second kappa shape index (κ2) is 8.43. The molecule has 0 aliphatic heterocycles. The minimum atomic E-state index is -0.327. The predicted molar refractivity (Wildman–Crippen MR) is 118 cm³/mol. The Morgan fingerprint density at radius 3 is 2.79 bits per heavy atom. The molecule has 0 fully saturated rings. The van der Waals surface area contributed by atoms with Crippen LogP contribution in [0.5, 0.6) is 0 Å². The lowest BCUT2D eigenvalue weighted by molar-refractivity contribution is 0.0600. The van der Waals surface area contributed by atoms with E-state index in [1.807, 2.05) is 30.3 Å². The number of nitrogens with zero attached hydrogens (tertiary/aromatic N) is 2. The number of fused-ring (bicyclic) bond motifs is 1. The number of methoxy groups -OCH3 is 1. The quantitative estimate of drug-likeness (QED) is 0.197. The van der Waals surface area contributed by atoms with E-state index in [2.05, 4.69) is 43.4 Å². The molecule has 0 aliphatic rings. The normalized spacial score (nSPS) is 10.9. The summed E-state index contributed by atoms with van der Waals surface area (Å²) in [6.45, 7) is 0. The van der Waals surface area contributed by atoms with Crippen molar-refractivity contribution in [1.82, 2.24) is 9.97 Å². The number of hydrogen-bond donors (Lipinski definition) is 0. The second-order valence-corrected chi connectivity index (χ2v) is 8.73. The van der Waals surface area contributed by atoms with Crippen molar-refractivity contribution >= 4 is 55.2 Å². The maximum absolute atomic E-state index is 11.8. The minimum absolute atomic E-state index is 0.327. The van der Waals surface area contributed by atoms with Crippen molar-refractivity contribution in [3.63, 3.8) is 0 Å². The average Bonchev–Trinajstić information content (AvgIpc) is 3.17. The number of aromatic nitrogens is 2. The summed E-state index contributed by atoms with van der Waals surface area (Å²) >= 11 is 6.75. The third kappa shape index (κ3) is 3.97. The van der Waals surface area contributed by atoms with Gasteiger partial charge in [0.15, 0.2) is 0 Å². The van der Waals surface area contributed by atoms with Crippen molar-refractivity contribution in [2.45, 2.75) is 10.8 Å². The zero-order valence-corrected chi connectivity index (χ0v) is 18.1. The zero-order chi connectivity index (χ0) is 19.5. The maximum Gasteiger partial charge on any atom is 0.337 e. The number of rotatable bonds is 5. The Hall–Kier alpha value is -2.22. The molecular weight excluding hydrogens is 456 g/mol. The van der Waals surface area contributed by atoms with Crippen molar-refractivity contribution in [2.75, 3.05) is 7.11 Å². The van der Waals surface area contributed by atoms with Gasteiger partial charge in [0.1, 0.15) is 16.2 Å². The molecule has 2 heterocycles. The lowest BCUT2D eigenvalue weighted by Crippen LogP contribution is -2.01. The second-order valence-electron chi connectivity index (χ2n) is 6.00. The van der Waals surface area contributed by atoms with Crippen LogP contribution >= 0.6 is 39.0 Å². The number of benzene rings is 2. The van der Waals surface area contributed by atoms with Gasteiger partial charge in [0, 0.05) is 21.2 Å². The first kappa shape index (κ1) is 19.1. The molecule has 140 valence electrons. The van der Waals surface area contributed by atoms with Gasteiger partial charge in [-0.1, -0.05) is 40.2 Å². The maximum atomic E-state index is 11.8. The summed E-state index contributed by atoms with van der Waals surface area (Å²) in [5.74, 6) is 0.374. The van der Waals surface area contributed by atoms with Crippen LogP contribution in [0.3, 0.4) is 0 Å². The molecule has 0 aliphatic carbocycles. The SMILES string of the molecule is COC(=O)c1cccc(CSc2ncnc3scc(-c4ccc(Br)cc4)c23)c1. The van der Waals surface area contributed by atoms with Crippen LogP contribution in [-0.2, 0) is 10.5 Å². The third-order valence-electron chi connectivity index (χ3n) is 4.21. The van der Waals surface area contributed by atoms with Gasteiger partial charge in [-0.05, 0) is 35.4 Å². The van der Waals surface area contributed by atoms with Crippen LogP contribution in [0.25, 0.3) is 21.3 Å². The van der Waals surface area contributed by atoms with Crippen LogP contribution in [0.15, 0.2) is 69.7 Å². The zero-order valence-electron chi connectivity index (χ0n) is 14.9. The lowest BCUT2D eigenvalue weighted by atomic mass is 10.1. The Morgan fingerprint density at radius 2 is 2.00 bits per heavy atom. The summed E-state index contributed by atoms with van der Waals surface area (Å²) in [4.78, 5) is 21.7. The third-order valence-corrected chi connectivity index (χ3v) is 6.69. The van der Waals surface area contributed by atoms with Crippen LogP contribution in [-0.4, -0.2) is 23.0 Å². The van der Waals surface area contributed by atoms with E-state index in [0.717, 1.165) is 36.4 Å². The predicted octanol–water partition coefficient (Wildman–Crippen LogP) is 6.20. The van der Waals surface area contributed by atoms with Gasteiger partial charge in [-0.25, -0.2) is 14.8 Å². The highest BCUT2D eigenvalue weighted by atomic mass is 79.9. The topological polar surface area (TPSA) is 52.1 Å². The number of hydrogen-bond acceptors (Lipinski definition) is 6. The molecule has 0 N–H and O–H groups in total. The van der Waals surface area contributed by atoms with E-state index in [4.69, 9.17) is 4.74 Å². The van der Waals surface area contributed by atoms with Crippen molar-refractivity contribution < 1.29 is 9.53 Å². The molecule has 4 nitrogen and oxygen atoms in total. The highest BCUT2D eigenvalue weighted by molar-refractivity contribution is 9.10. The number of esters is 1. The number of thioether (sulfide) groups is 1. The number of carbonyl (C=O) groups excluding carboxylic acids is 1. The fourth-order valence-corrected chi connectivity index (χ4v) is 5.06. The molecule has 0 saturated carbocycles. The first-order valence-electron chi connectivity index (χ1n) is 8.44. The van der Waals surface area contributed by atoms with Crippen molar-refractivity contribution in [3.8, 4) is 11.1 Å². The van der Waals surface area contributed by atoms with Gasteiger partial charge < -0.3 is 4.74 Å². The lowest BCUT2D eigenvalue weighted by Gasteiger charge is -2.07. The van der Waals surface area contributed by atoms with Gasteiger partial charge in [0.2, 0.25) is 0 Å². The first-order chi connectivity index (χ1) is 13.7. The molecule has 2 aromatic carbocycles. The molecule has 0 radical (unpaired) electrons. The van der Waals surface area contributed by atoms with E-state index in [-0.39, 0.29) is 5.97 Å². The molecule has 4 rings (SSSR count). The fourth-order valence-electron chi connectivity index (χ4n) is 2.86. The fraction of sp³-hybridized carbons (Fsp3) is 0.0952. The Bertz CT molecular complexity index is 1140. The van der Waals surface area contributed by atoms with E-state index in [1.165, 1.54) is 7.11 Å². The highest BCUT2D eigenvalue weighted by Crippen LogP contribution is 2.38. The summed E-state index contributed by atoms with van der Waals surface area (Å²) in [5, 5.41) is 4.14. The van der Waals surface area contributed by atoms with Crippen molar-refractivity contribution in [2.24, 2.45) is 0 Å². The van der Waals surface area contributed by atoms with E-state index in [9.17, 15) is 4.79 Å². The summed E-state index contributed by atoms with van der Waals surface area (Å²) < 4.78 is 5.85. The number of ether oxygens (including phenoxy) is 1. The summed E-state index contributed by atoms with van der Waals surface area (Å²) in [6.07, 6.45) is 1.61. The molecule has 7 heteroatoms. The molecule has 0 unspecified atom stereocenters. The average molecular weight is 471 g/mol. The Morgan fingerprint density at radius 1 is 1.18 bits per heavy atom. The molecule has 0 spiro atoms. The van der Waals surface area contributed by atoms with Gasteiger partial charge in [-0.15, -0.1) is 23.1 Å². The summed E-state index contributed by atoms with van der Waals surface area (Å²) in [5.41, 5.74) is 3.87. The Kier molecular flexibility index (Phi) is 5.75. The van der Waals surface area contributed by atoms with Crippen molar-refractivity contribution in [3.05, 3.63) is 75.8 Å². The van der Waals surface area contributed by atoms with E-state index >= 15 is 0 Å². The standard InChI is InChI=1S/C21H15BrN2O2S2/c1-26-21(25)15-4-2-3-13(9-15)10-27-19-18-17(11-28-20(18)24-12-23-19)14-5-7-16(22)8-6-14/h2-9,11-12H,10H2,1H3. The van der Waals surface area contributed by atoms with Crippen LogP contribution in [0.1, 0.15) is 15.9 Å². The van der Waals surface area contributed by atoms with Crippen LogP contribution < -0.4 is 0 Å². The number of thiophene rings is 1. The summed E-state index contributed by atoms with van der Waals surface area (Å²) in [7, 11) is 1.39. The minimum Gasteiger partial charge on any atom is -0.465 e. The summed E-state index contributed by atoms with van der Waals surface area (Å²) in [6, 6.07) is 15.7. The van der Waals surface area contributed by atoms with Crippen LogP contribution in [0.2, 0.25) is 0 Å². The highest BCUT2D eigenvalue weighted by Gasteiger charge is 2.14. The first-order valence-corrected chi connectivity index (χ1v) is 11.1. The number of carbonyl (C=O) groups is 1. The molecule has 0 amide bonds. The van der Waals surface area contributed by atoms with Gasteiger partial charge in [-0.3, -0.25) is 0 Å². The largest absolute Gasteiger partial charge is 0.465 e. The molecule has 28 heavy (non-hydrogen) atoms. The monoisotopic (exact) mass is 470 g/mol. The van der Waals surface area contributed by atoms with Gasteiger partial charge in [-0.2, -0.15) is 0 Å². The molecule has 4 aromatic rings. The van der Waals surface area contributed by atoms with Gasteiger partial charge in [0.25, 0.3) is 0 Å². The number of halogens is 1. The van der Waals surface area contributed by atoms with Crippen LogP contribution in [0.4, 0.5) is 0 Å². The Labute approximate surface area is 179 Å².